The topological polar surface area (TPSA) is 184 Å². The maximum Gasteiger partial charge on any atom is 0.407 e. The van der Waals surface area contributed by atoms with Crippen molar-refractivity contribution in [3.8, 4) is 34.3 Å². The van der Waals surface area contributed by atoms with Gasteiger partial charge in [0.05, 0.1) is 50.1 Å². The van der Waals surface area contributed by atoms with Crippen molar-refractivity contribution >= 4 is 24.0 Å². The molecule has 7 rings (SSSR count). The first-order valence-electron chi connectivity index (χ1n) is 20.4. The zero-order chi connectivity index (χ0) is 41.1. The molecule has 5 heterocycles. The highest BCUT2D eigenvalue weighted by Gasteiger charge is 2.39. The first kappa shape index (κ1) is 40.3. The van der Waals surface area contributed by atoms with Crippen molar-refractivity contribution in [3.63, 3.8) is 0 Å². The molecule has 3 aliphatic heterocycles. The fourth-order valence-electron chi connectivity index (χ4n) is 8.34. The van der Waals surface area contributed by atoms with Crippen molar-refractivity contribution in [1.82, 2.24) is 40.4 Å². The lowest BCUT2D eigenvalue weighted by atomic mass is 9.97. The Bertz CT molecular complexity index is 2000. The SMILES string of the molecule is CCC(C)C(NC(=O)OC)C(=O)N1CCC[C@H]1c1cnc(-c2ccc3c(c2)Oc2ccc(-c4ncc([C@@H]5CCCN5C(=O)[C@@H](NC(=O)OC)[C@@H](C)CC)[nH]4)cc2C3)[nH]1. The number of carbonyl (C=O) groups excluding carboxylic acids is 4. The van der Waals surface area contributed by atoms with Crippen LogP contribution in [0, 0.1) is 11.8 Å². The number of fused-ring (bicyclic) bond motifs is 2. The monoisotopic (exact) mass is 794 g/mol. The zero-order valence-electron chi connectivity index (χ0n) is 34.1. The van der Waals surface area contributed by atoms with Gasteiger partial charge in [-0.25, -0.2) is 19.6 Å². The number of likely N-dealkylation sites (tertiary alicyclic amines) is 2. The van der Waals surface area contributed by atoms with E-state index in [2.05, 4.69) is 32.7 Å². The minimum Gasteiger partial charge on any atom is -0.457 e. The Morgan fingerprint density at radius 2 is 1.24 bits per heavy atom. The summed E-state index contributed by atoms with van der Waals surface area (Å²) in [5, 5.41) is 5.51. The molecular weight excluding hydrogens is 741 g/mol. The van der Waals surface area contributed by atoms with Gasteiger partial charge in [0.2, 0.25) is 11.8 Å². The lowest BCUT2D eigenvalue weighted by Gasteiger charge is -2.31. The molecule has 2 unspecified atom stereocenters. The number of aromatic amines is 2. The number of benzene rings is 2. The number of nitrogens with one attached hydrogen (secondary N) is 4. The van der Waals surface area contributed by atoms with Crippen molar-refractivity contribution in [2.75, 3.05) is 27.3 Å². The van der Waals surface area contributed by atoms with Crippen molar-refractivity contribution in [1.29, 1.82) is 0 Å². The van der Waals surface area contributed by atoms with Crippen molar-refractivity contribution < 1.29 is 33.4 Å². The molecule has 4 aromatic rings. The third kappa shape index (κ3) is 8.12. The quantitative estimate of drug-likeness (QED) is 0.103. The Morgan fingerprint density at radius 3 is 1.74 bits per heavy atom. The number of hydrogen-bond acceptors (Lipinski definition) is 9. The van der Waals surface area contributed by atoms with Gasteiger partial charge in [0.1, 0.15) is 35.2 Å². The second-order valence-corrected chi connectivity index (χ2v) is 15.7. The Labute approximate surface area is 338 Å². The number of hydrogen-bond donors (Lipinski definition) is 4. The number of imidazole rings is 2. The predicted octanol–water partition coefficient (Wildman–Crippen LogP) is 7.03. The molecule has 15 nitrogen and oxygen atoms in total. The molecule has 2 saturated heterocycles. The fourth-order valence-corrected chi connectivity index (χ4v) is 8.34. The number of carbonyl (C=O) groups is 4. The molecular formula is C43H54N8O7. The summed E-state index contributed by atoms with van der Waals surface area (Å²) in [4.78, 5) is 71.8. The van der Waals surface area contributed by atoms with Crippen molar-refractivity contribution in [3.05, 3.63) is 71.3 Å². The van der Waals surface area contributed by atoms with Crippen LogP contribution < -0.4 is 15.4 Å². The molecule has 2 fully saturated rings. The summed E-state index contributed by atoms with van der Waals surface area (Å²) in [6, 6.07) is 10.4. The van der Waals surface area contributed by atoms with E-state index >= 15 is 0 Å². The van der Waals surface area contributed by atoms with E-state index in [1.54, 1.807) is 12.4 Å². The number of H-pyrrole nitrogens is 2. The first-order chi connectivity index (χ1) is 28.0. The minimum absolute atomic E-state index is 0.0584. The Kier molecular flexibility index (Phi) is 12.1. The second-order valence-electron chi connectivity index (χ2n) is 15.7. The van der Waals surface area contributed by atoms with Gasteiger partial charge in [-0.1, -0.05) is 52.7 Å². The van der Waals surface area contributed by atoms with Gasteiger partial charge < -0.3 is 44.6 Å². The third-order valence-electron chi connectivity index (χ3n) is 12.1. The molecule has 0 saturated carbocycles. The highest BCUT2D eigenvalue weighted by Crippen LogP contribution is 2.41. The van der Waals surface area contributed by atoms with E-state index in [1.165, 1.54) is 14.2 Å². The maximum absolute atomic E-state index is 13.8. The van der Waals surface area contributed by atoms with E-state index in [9.17, 15) is 19.2 Å². The number of methoxy groups -OCH3 is 2. The van der Waals surface area contributed by atoms with Crippen molar-refractivity contribution in [2.45, 2.75) is 96.8 Å². The van der Waals surface area contributed by atoms with E-state index in [1.807, 2.05) is 61.8 Å². The van der Waals surface area contributed by atoms with E-state index < -0.39 is 24.3 Å². The van der Waals surface area contributed by atoms with Crippen LogP contribution in [0.25, 0.3) is 22.8 Å². The van der Waals surface area contributed by atoms with E-state index in [0.29, 0.717) is 31.2 Å². The molecule has 0 aliphatic carbocycles. The molecule has 2 aromatic carbocycles. The Hall–Kier alpha value is -5.86. The van der Waals surface area contributed by atoms with Crippen LogP contribution in [0.1, 0.15) is 101 Å². The number of amides is 4. The predicted molar refractivity (Wildman–Crippen MR) is 216 cm³/mol. The molecule has 4 amide bonds. The van der Waals surface area contributed by atoms with E-state index in [4.69, 9.17) is 24.2 Å². The normalized spacial score (nSPS) is 19.3. The average Bonchev–Trinajstić information content (AvgIpc) is 4.09. The van der Waals surface area contributed by atoms with Gasteiger partial charge in [0.15, 0.2) is 0 Å². The lowest BCUT2D eigenvalue weighted by Crippen LogP contribution is -2.51. The van der Waals surface area contributed by atoms with Gasteiger partial charge in [-0.05, 0) is 67.3 Å². The third-order valence-corrected chi connectivity index (χ3v) is 12.1. The molecule has 58 heavy (non-hydrogen) atoms. The van der Waals surface area contributed by atoms with Gasteiger partial charge in [-0.15, -0.1) is 0 Å². The second kappa shape index (κ2) is 17.3. The van der Waals surface area contributed by atoms with Gasteiger partial charge in [-0.2, -0.15) is 0 Å². The summed E-state index contributed by atoms with van der Waals surface area (Å²) in [5.74, 6) is 2.54. The molecule has 0 spiro atoms. The summed E-state index contributed by atoms with van der Waals surface area (Å²) >= 11 is 0. The van der Waals surface area contributed by atoms with Crippen LogP contribution in [0.2, 0.25) is 0 Å². The maximum atomic E-state index is 13.8. The van der Waals surface area contributed by atoms with Crippen LogP contribution in [0.5, 0.6) is 11.5 Å². The standard InChI is InChI=1S/C43H54N8O7/c1-7-24(3)36(48-42(54)56-5)40(52)50-17-9-11-32(50)30-22-44-38(46-30)27-15-16-34-29(20-27)19-26-13-14-28(21-35(26)58-34)39-45-23-31(47-39)33-12-10-18-51(33)41(53)37(25(4)8-2)49-43(55)57-6/h13-16,20-25,32-33,36-37H,7-12,17-19H2,1-6H3,(H,44,46)(H,45,47)(H,48,54)(H,49,55)/t24-,25?,32-,33-,36-,37?/m0/s1. The first-order valence-corrected chi connectivity index (χ1v) is 20.4. The van der Waals surface area contributed by atoms with Crippen LogP contribution in [0.4, 0.5) is 9.59 Å². The molecule has 0 bridgehead atoms. The van der Waals surface area contributed by atoms with Crippen molar-refractivity contribution in [2.24, 2.45) is 11.8 Å². The fraction of sp³-hybridized carbons (Fsp3) is 0.488. The lowest BCUT2D eigenvalue weighted by molar-refractivity contribution is -0.136. The van der Waals surface area contributed by atoms with Gasteiger partial charge in [0.25, 0.3) is 0 Å². The summed E-state index contributed by atoms with van der Waals surface area (Å²) in [6.45, 7) is 9.11. The van der Waals surface area contributed by atoms with Crippen LogP contribution in [0.3, 0.4) is 0 Å². The zero-order valence-corrected chi connectivity index (χ0v) is 34.1. The highest BCUT2D eigenvalue weighted by molar-refractivity contribution is 5.87. The summed E-state index contributed by atoms with van der Waals surface area (Å²) < 4.78 is 16.1. The smallest absolute Gasteiger partial charge is 0.407 e. The Balaban J connectivity index is 1.03. The number of aromatic nitrogens is 4. The number of ether oxygens (including phenoxy) is 3. The molecule has 6 atom stereocenters. The van der Waals surface area contributed by atoms with Crippen LogP contribution in [0.15, 0.2) is 48.8 Å². The van der Waals surface area contributed by atoms with Crippen LogP contribution >= 0.6 is 0 Å². The minimum atomic E-state index is -0.680. The van der Waals surface area contributed by atoms with Crippen LogP contribution in [-0.2, 0) is 25.5 Å². The Morgan fingerprint density at radius 1 is 0.741 bits per heavy atom. The van der Waals surface area contributed by atoms with Gasteiger partial charge in [-0.3, -0.25) is 9.59 Å². The number of rotatable bonds is 12. The summed E-state index contributed by atoms with van der Waals surface area (Å²) in [5.41, 5.74) is 5.55. The van der Waals surface area contributed by atoms with Crippen LogP contribution in [-0.4, -0.2) is 93.1 Å². The molecule has 0 radical (unpaired) electrons. The molecule has 3 aliphatic rings. The highest BCUT2D eigenvalue weighted by atomic mass is 16.5. The van der Waals surface area contributed by atoms with Gasteiger partial charge in [0, 0.05) is 36.2 Å². The summed E-state index contributed by atoms with van der Waals surface area (Å²) in [6.07, 6.45) is 7.78. The number of nitrogens with zero attached hydrogens (tertiary/aromatic N) is 4. The molecule has 15 heteroatoms. The van der Waals surface area contributed by atoms with E-state index in [-0.39, 0.29) is 35.7 Å². The van der Waals surface area contributed by atoms with Gasteiger partial charge >= 0.3 is 12.2 Å². The molecule has 4 N–H and O–H groups in total. The molecule has 308 valence electrons. The van der Waals surface area contributed by atoms with E-state index in [0.717, 1.165) is 83.7 Å². The summed E-state index contributed by atoms with van der Waals surface area (Å²) in [7, 11) is 2.60. The average molecular weight is 795 g/mol. The molecule has 2 aromatic heterocycles. The largest absolute Gasteiger partial charge is 0.457 e. The number of alkyl carbamates (subject to hydrolysis) is 2.